The van der Waals surface area contributed by atoms with Crippen molar-refractivity contribution in [2.45, 2.75) is 5.75 Å². The van der Waals surface area contributed by atoms with Crippen LogP contribution in [0.1, 0.15) is 15.9 Å². The Labute approximate surface area is 158 Å². The Balaban J connectivity index is 1.62. The van der Waals surface area contributed by atoms with E-state index >= 15 is 0 Å². The molecule has 144 valence electrons. The number of benzene rings is 2. The molecule has 0 bridgehead atoms. The average molecular weight is 390 g/mol. The number of hydrogen-bond acceptors (Lipinski definition) is 6. The van der Waals surface area contributed by atoms with Crippen LogP contribution in [0.15, 0.2) is 48.5 Å². The summed E-state index contributed by atoms with van der Waals surface area (Å²) in [6, 6.07) is 13.6. The van der Waals surface area contributed by atoms with Gasteiger partial charge in [-0.05, 0) is 42.0 Å². The molecule has 7 nitrogen and oxygen atoms in total. The van der Waals surface area contributed by atoms with Gasteiger partial charge in [-0.1, -0.05) is 12.1 Å². The summed E-state index contributed by atoms with van der Waals surface area (Å²) >= 11 is 0. The Hall–Kier alpha value is -2.58. The summed E-state index contributed by atoms with van der Waals surface area (Å²) in [4.78, 5) is 13.6. The zero-order chi connectivity index (χ0) is 19.3. The van der Waals surface area contributed by atoms with Crippen molar-refractivity contribution in [2.75, 3.05) is 43.0 Å². The van der Waals surface area contributed by atoms with Crippen LogP contribution < -0.4 is 9.62 Å². The highest BCUT2D eigenvalue weighted by Crippen LogP contribution is 2.20. The van der Waals surface area contributed by atoms with E-state index in [1.165, 1.54) is 7.11 Å². The van der Waals surface area contributed by atoms with Gasteiger partial charge in [0.25, 0.3) is 0 Å². The molecule has 3 rings (SSSR count). The highest BCUT2D eigenvalue weighted by atomic mass is 32.2. The number of methoxy groups -OCH3 is 1. The SMILES string of the molecule is COC(=O)c1ccc(CS(=O)(=O)Nc2ccc(N3CCOCC3)cc2)cc1. The Morgan fingerprint density at radius 1 is 1.07 bits per heavy atom. The summed E-state index contributed by atoms with van der Waals surface area (Å²) in [5, 5.41) is 0. The zero-order valence-corrected chi connectivity index (χ0v) is 15.9. The maximum atomic E-state index is 12.4. The summed E-state index contributed by atoms with van der Waals surface area (Å²) < 4.78 is 37.4. The molecule has 0 aromatic heterocycles. The molecule has 0 atom stereocenters. The highest BCUT2D eigenvalue weighted by Gasteiger charge is 2.14. The number of sulfonamides is 1. The third kappa shape index (κ3) is 5.21. The lowest BCUT2D eigenvalue weighted by atomic mass is 10.1. The van der Waals surface area contributed by atoms with Crippen LogP contribution in [0.3, 0.4) is 0 Å². The Kier molecular flexibility index (Phi) is 5.98. The fourth-order valence-electron chi connectivity index (χ4n) is 2.85. The number of esters is 1. The van der Waals surface area contributed by atoms with Gasteiger partial charge in [0.05, 0.1) is 31.6 Å². The molecule has 8 heteroatoms. The predicted octanol–water partition coefficient (Wildman–Crippen LogP) is 2.25. The van der Waals surface area contributed by atoms with Gasteiger partial charge in [-0.2, -0.15) is 0 Å². The zero-order valence-electron chi connectivity index (χ0n) is 15.1. The van der Waals surface area contributed by atoms with Crippen LogP contribution in [-0.2, 0) is 25.2 Å². The number of carbonyl (C=O) groups is 1. The van der Waals surface area contributed by atoms with E-state index in [9.17, 15) is 13.2 Å². The number of carbonyl (C=O) groups excluding carboxylic acids is 1. The van der Waals surface area contributed by atoms with Gasteiger partial charge >= 0.3 is 5.97 Å². The van der Waals surface area contributed by atoms with Gasteiger partial charge in [-0.3, -0.25) is 4.72 Å². The van der Waals surface area contributed by atoms with Crippen LogP contribution in [0.5, 0.6) is 0 Å². The van der Waals surface area contributed by atoms with Gasteiger partial charge in [0, 0.05) is 24.5 Å². The van der Waals surface area contributed by atoms with E-state index in [1.54, 1.807) is 36.4 Å². The van der Waals surface area contributed by atoms with Crippen LogP contribution >= 0.6 is 0 Å². The Morgan fingerprint density at radius 2 is 1.70 bits per heavy atom. The summed E-state index contributed by atoms with van der Waals surface area (Å²) in [7, 11) is -2.26. The molecule has 1 fully saturated rings. The molecule has 2 aromatic carbocycles. The molecule has 1 aliphatic rings. The molecule has 0 aliphatic carbocycles. The second kappa shape index (κ2) is 8.41. The molecule has 27 heavy (non-hydrogen) atoms. The second-order valence-corrected chi connectivity index (χ2v) is 7.92. The standard InChI is InChI=1S/C19H22N2O5S/c1-25-19(22)16-4-2-15(3-5-16)14-27(23,24)20-17-6-8-18(9-7-17)21-10-12-26-13-11-21/h2-9,20H,10-14H2,1H3. The average Bonchev–Trinajstić information content (AvgIpc) is 2.68. The Bertz CT molecular complexity index is 873. The fourth-order valence-corrected chi connectivity index (χ4v) is 4.05. The van der Waals surface area contributed by atoms with Crippen LogP contribution in [0.4, 0.5) is 11.4 Å². The van der Waals surface area contributed by atoms with E-state index in [4.69, 9.17) is 4.74 Å². The number of nitrogens with zero attached hydrogens (tertiary/aromatic N) is 1. The van der Waals surface area contributed by atoms with E-state index in [2.05, 4.69) is 14.4 Å². The first-order chi connectivity index (χ1) is 13.0. The lowest BCUT2D eigenvalue weighted by molar-refractivity contribution is 0.0600. The van der Waals surface area contributed by atoms with Crippen molar-refractivity contribution in [1.29, 1.82) is 0 Å². The van der Waals surface area contributed by atoms with Gasteiger partial charge in [-0.25, -0.2) is 13.2 Å². The topological polar surface area (TPSA) is 84.9 Å². The number of hydrogen-bond donors (Lipinski definition) is 1. The Morgan fingerprint density at radius 3 is 2.30 bits per heavy atom. The summed E-state index contributed by atoms with van der Waals surface area (Å²) in [5.74, 6) is -0.637. The molecule has 1 saturated heterocycles. The molecule has 1 N–H and O–H groups in total. The van der Waals surface area contributed by atoms with Crippen LogP contribution in [0.25, 0.3) is 0 Å². The normalized spacial score (nSPS) is 14.6. The first kappa shape index (κ1) is 19.2. The van der Waals surface area contributed by atoms with Gasteiger partial charge in [0.2, 0.25) is 10.0 Å². The van der Waals surface area contributed by atoms with Crippen molar-refractivity contribution in [3.8, 4) is 0 Å². The van der Waals surface area contributed by atoms with Crippen molar-refractivity contribution < 1.29 is 22.7 Å². The van der Waals surface area contributed by atoms with E-state index in [0.717, 1.165) is 18.8 Å². The number of morpholine rings is 1. The van der Waals surface area contributed by atoms with Gasteiger partial charge in [-0.15, -0.1) is 0 Å². The van der Waals surface area contributed by atoms with E-state index in [1.807, 2.05) is 12.1 Å². The molecule has 0 spiro atoms. The molecule has 0 unspecified atom stereocenters. The molecule has 0 saturated carbocycles. The molecular weight excluding hydrogens is 368 g/mol. The quantitative estimate of drug-likeness (QED) is 0.762. The van der Waals surface area contributed by atoms with Crippen LogP contribution in [-0.4, -0.2) is 47.8 Å². The molecule has 0 radical (unpaired) electrons. The first-order valence-corrected chi connectivity index (χ1v) is 10.2. The molecule has 1 aliphatic heterocycles. The number of anilines is 2. The van der Waals surface area contributed by atoms with Gasteiger partial charge < -0.3 is 14.4 Å². The van der Waals surface area contributed by atoms with Crippen molar-refractivity contribution in [1.82, 2.24) is 0 Å². The number of ether oxygens (including phenoxy) is 2. The largest absolute Gasteiger partial charge is 0.465 e. The van der Waals surface area contributed by atoms with Crippen LogP contribution in [0.2, 0.25) is 0 Å². The minimum atomic E-state index is -3.56. The minimum Gasteiger partial charge on any atom is -0.465 e. The van der Waals surface area contributed by atoms with Crippen molar-refractivity contribution >= 4 is 27.4 Å². The smallest absolute Gasteiger partial charge is 0.337 e. The molecule has 2 aromatic rings. The third-order valence-corrected chi connectivity index (χ3v) is 5.51. The van der Waals surface area contributed by atoms with Gasteiger partial charge in [0.1, 0.15) is 0 Å². The second-order valence-electron chi connectivity index (χ2n) is 6.20. The third-order valence-electron chi connectivity index (χ3n) is 4.25. The summed E-state index contributed by atoms with van der Waals surface area (Å²) in [5.41, 5.74) is 2.52. The highest BCUT2D eigenvalue weighted by molar-refractivity contribution is 7.91. The van der Waals surface area contributed by atoms with Crippen LogP contribution in [0, 0.1) is 0 Å². The molecule has 0 amide bonds. The minimum absolute atomic E-state index is 0.181. The number of rotatable bonds is 6. The lowest BCUT2D eigenvalue weighted by Crippen LogP contribution is -2.36. The monoisotopic (exact) mass is 390 g/mol. The predicted molar refractivity (Wildman–Crippen MR) is 104 cm³/mol. The van der Waals surface area contributed by atoms with E-state index < -0.39 is 16.0 Å². The fraction of sp³-hybridized carbons (Fsp3) is 0.316. The maximum absolute atomic E-state index is 12.4. The maximum Gasteiger partial charge on any atom is 0.337 e. The van der Waals surface area contributed by atoms with E-state index in [-0.39, 0.29) is 5.75 Å². The van der Waals surface area contributed by atoms with Crippen molar-refractivity contribution in [3.63, 3.8) is 0 Å². The first-order valence-electron chi connectivity index (χ1n) is 8.57. The summed E-state index contributed by atoms with van der Waals surface area (Å²) in [6.07, 6.45) is 0. The summed E-state index contributed by atoms with van der Waals surface area (Å²) in [6.45, 7) is 3.05. The van der Waals surface area contributed by atoms with E-state index in [0.29, 0.717) is 30.0 Å². The molecular formula is C19H22N2O5S. The van der Waals surface area contributed by atoms with Crippen molar-refractivity contribution in [3.05, 3.63) is 59.7 Å². The lowest BCUT2D eigenvalue weighted by Gasteiger charge is -2.28. The number of nitrogens with one attached hydrogen (secondary N) is 1. The van der Waals surface area contributed by atoms with Gasteiger partial charge in [0.15, 0.2) is 0 Å². The molecule has 1 heterocycles. The van der Waals surface area contributed by atoms with Crippen molar-refractivity contribution in [2.24, 2.45) is 0 Å².